The van der Waals surface area contributed by atoms with E-state index in [1.807, 2.05) is 18.3 Å². The van der Waals surface area contributed by atoms with Gasteiger partial charge < -0.3 is 14.8 Å². The van der Waals surface area contributed by atoms with Crippen LogP contribution in [-0.4, -0.2) is 14.7 Å². The van der Waals surface area contributed by atoms with Crippen molar-refractivity contribution in [3.05, 3.63) is 112 Å². The summed E-state index contributed by atoms with van der Waals surface area (Å²) in [5, 5.41) is 4.32. The van der Waals surface area contributed by atoms with Crippen molar-refractivity contribution in [3.8, 4) is 5.69 Å². The van der Waals surface area contributed by atoms with Gasteiger partial charge in [0.05, 0.1) is 17.8 Å². The van der Waals surface area contributed by atoms with Crippen molar-refractivity contribution >= 4 is 23.0 Å². The molecule has 0 bridgehead atoms. The van der Waals surface area contributed by atoms with Gasteiger partial charge in [0.1, 0.15) is 0 Å². The van der Waals surface area contributed by atoms with Gasteiger partial charge in [0, 0.05) is 29.0 Å². The van der Waals surface area contributed by atoms with Gasteiger partial charge in [0.2, 0.25) is 0 Å². The predicted octanol–water partition coefficient (Wildman–Crippen LogP) is 6.59. The second kappa shape index (κ2) is 8.73. The molecule has 1 aliphatic rings. The van der Waals surface area contributed by atoms with E-state index >= 15 is 0 Å². The maximum absolute atomic E-state index is 5.93. The van der Waals surface area contributed by atoms with Gasteiger partial charge in [-0.1, -0.05) is 30.3 Å². The smallest absolute Gasteiger partial charge is 0.174 e. The van der Waals surface area contributed by atoms with E-state index < -0.39 is 0 Å². The molecule has 0 amide bonds. The van der Waals surface area contributed by atoms with E-state index in [2.05, 4.69) is 104 Å². The molecule has 1 N–H and O–H groups in total. The van der Waals surface area contributed by atoms with Crippen LogP contribution in [0.5, 0.6) is 0 Å². The highest BCUT2D eigenvalue weighted by molar-refractivity contribution is 7.80. The number of pyridine rings is 1. The van der Waals surface area contributed by atoms with Gasteiger partial charge >= 0.3 is 0 Å². The Morgan fingerprint density at radius 3 is 2.29 bits per heavy atom. The molecule has 0 saturated carbocycles. The molecule has 2 atom stereocenters. The molecule has 2 aromatic carbocycles. The number of nitrogens with zero attached hydrogens (tertiary/aromatic N) is 3. The third-order valence-corrected chi connectivity index (χ3v) is 7.33. The summed E-state index contributed by atoms with van der Waals surface area (Å²) in [6.07, 6.45) is 1.85. The SMILES string of the molecule is Cc1ccc(N2C(=S)N[C@H](c3ccccn3)[C@@H]2c2cc(C)n(-c3ccccc3C)c2C)cc1C. The number of rotatable bonds is 4. The lowest BCUT2D eigenvalue weighted by molar-refractivity contribution is 0.565. The molecule has 3 heterocycles. The van der Waals surface area contributed by atoms with Crippen molar-refractivity contribution in [1.29, 1.82) is 0 Å². The van der Waals surface area contributed by atoms with Gasteiger partial charge in [0.15, 0.2) is 5.11 Å². The molecule has 1 aliphatic heterocycles. The molecule has 4 aromatic rings. The van der Waals surface area contributed by atoms with Crippen molar-refractivity contribution in [3.63, 3.8) is 0 Å². The molecule has 5 rings (SSSR count). The van der Waals surface area contributed by atoms with Crippen molar-refractivity contribution in [2.45, 2.75) is 46.7 Å². The van der Waals surface area contributed by atoms with Crippen molar-refractivity contribution in [2.24, 2.45) is 0 Å². The minimum atomic E-state index is -0.0545. The third-order valence-electron chi connectivity index (χ3n) is 7.01. The maximum Gasteiger partial charge on any atom is 0.174 e. The van der Waals surface area contributed by atoms with E-state index in [9.17, 15) is 0 Å². The second-order valence-electron chi connectivity index (χ2n) is 9.21. The zero-order valence-corrected chi connectivity index (χ0v) is 21.1. The molecule has 0 spiro atoms. The monoisotopic (exact) mass is 466 g/mol. The fraction of sp³-hybridized carbons (Fsp3) is 0.241. The van der Waals surface area contributed by atoms with Gasteiger partial charge in [-0.15, -0.1) is 0 Å². The van der Waals surface area contributed by atoms with Gasteiger partial charge in [-0.3, -0.25) is 4.98 Å². The number of hydrogen-bond donors (Lipinski definition) is 1. The highest BCUT2D eigenvalue weighted by Crippen LogP contribution is 2.44. The summed E-state index contributed by atoms with van der Waals surface area (Å²) in [4.78, 5) is 6.98. The Hall–Kier alpha value is -3.44. The van der Waals surface area contributed by atoms with Crippen LogP contribution in [0.1, 0.15) is 51.4 Å². The largest absolute Gasteiger partial charge is 0.351 e. The third kappa shape index (κ3) is 3.70. The molecular weight excluding hydrogens is 436 g/mol. The zero-order chi connectivity index (χ0) is 24.0. The van der Waals surface area contributed by atoms with E-state index in [0.29, 0.717) is 0 Å². The van der Waals surface area contributed by atoms with Gasteiger partial charge in [-0.2, -0.15) is 0 Å². The van der Waals surface area contributed by atoms with Crippen molar-refractivity contribution < 1.29 is 0 Å². The molecule has 34 heavy (non-hydrogen) atoms. The summed E-state index contributed by atoms with van der Waals surface area (Å²) in [5.74, 6) is 0. The fourth-order valence-electron chi connectivity index (χ4n) is 5.10. The summed E-state index contributed by atoms with van der Waals surface area (Å²) in [5.41, 5.74) is 10.8. The number of aromatic nitrogens is 2. The number of thiocarbonyl (C=S) groups is 1. The first-order valence-corrected chi connectivity index (χ1v) is 12.1. The molecule has 1 saturated heterocycles. The molecule has 0 aliphatic carbocycles. The Morgan fingerprint density at radius 1 is 0.824 bits per heavy atom. The van der Waals surface area contributed by atoms with Crippen LogP contribution >= 0.6 is 12.2 Å². The Balaban J connectivity index is 1.70. The Morgan fingerprint density at radius 2 is 1.59 bits per heavy atom. The normalized spacial score (nSPS) is 17.8. The number of nitrogens with one attached hydrogen (secondary N) is 1. The first-order valence-electron chi connectivity index (χ1n) is 11.7. The highest BCUT2D eigenvalue weighted by Gasteiger charge is 2.42. The lowest BCUT2D eigenvalue weighted by Gasteiger charge is -2.28. The van der Waals surface area contributed by atoms with Crippen LogP contribution in [-0.2, 0) is 0 Å². The van der Waals surface area contributed by atoms with Crippen LogP contribution in [0.25, 0.3) is 5.69 Å². The lowest BCUT2D eigenvalue weighted by Crippen LogP contribution is -2.29. The van der Waals surface area contributed by atoms with E-state index in [-0.39, 0.29) is 12.1 Å². The Bertz CT molecular complexity index is 1370. The van der Waals surface area contributed by atoms with E-state index in [4.69, 9.17) is 17.2 Å². The topological polar surface area (TPSA) is 33.1 Å². The Labute approximate surface area is 207 Å². The van der Waals surface area contributed by atoms with Crippen molar-refractivity contribution in [2.75, 3.05) is 4.90 Å². The molecule has 172 valence electrons. The summed E-state index contributed by atoms with van der Waals surface area (Å²) in [7, 11) is 0. The number of anilines is 1. The molecule has 0 unspecified atom stereocenters. The fourth-order valence-corrected chi connectivity index (χ4v) is 5.44. The van der Waals surface area contributed by atoms with Crippen LogP contribution in [0.4, 0.5) is 5.69 Å². The van der Waals surface area contributed by atoms with Crippen molar-refractivity contribution in [1.82, 2.24) is 14.9 Å². The van der Waals surface area contributed by atoms with Crippen LogP contribution in [0.2, 0.25) is 0 Å². The highest BCUT2D eigenvalue weighted by atomic mass is 32.1. The maximum atomic E-state index is 5.93. The molecule has 4 nitrogen and oxygen atoms in total. The van der Waals surface area contributed by atoms with E-state index in [1.54, 1.807) is 0 Å². The number of hydrogen-bond acceptors (Lipinski definition) is 2. The molecular formula is C29H30N4S. The minimum Gasteiger partial charge on any atom is -0.351 e. The van der Waals surface area contributed by atoms with Gasteiger partial charge in [-0.25, -0.2) is 0 Å². The molecule has 2 aromatic heterocycles. The minimum absolute atomic E-state index is 0.0199. The number of aryl methyl sites for hydroxylation is 4. The standard InChI is InChI=1S/C29H30N4S/c1-18-13-14-23(16-20(18)3)33-28(27(31-29(33)34)25-11-8-9-15-30-25)24-17-21(4)32(22(24)5)26-12-7-6-10-19(26)2/h6-17,27-28H,1-5H3,(H,31,34)/t27-,28+/m1/s1. The molecule has 1 fully saturated rings. The molecule has 0 radical (unpaired) electrons. The quantitative estimate of drug-likeness (QED) is 0.344. The van der Waals surface area contributed by atoms with E-state index in [0.717, 1.165) is 16.5 Å². The molecule has 5 heteroatoms. The average molecular weight is 467 g/mol. The first-order chi connectivity index (χ1) is 16.4. The number of benzene rings is 2. The van der Waals surface area contributed by atoms with Crippen LogP contribution in [0.15, 0.2) is 72.9 Å². The van der Waals surface area contributed by atoms with Crippen LogP contribution < -0.4 is 10.2 Å². The Kier molecular flexibility index (Phi) is 5.74. The average Bonchev–Trinajstić information content (AvgIpc) is 3.32. The van der Waals surface area contributed by atoms with Crippen LogP contribution in [0.3, 0.4) is 0 Å². The first kappa shape index (κ1) is 22.4. The summed E-state index contributed by atoms with van der Waals surface area (Å²) in [6.45, 7) is 10.9. The summed E-state index contributed by atoms with van der Waals surface area (Å²) >= 11 is 5.93. The van der Waals surface area contributed by atoms with Gasteiger partial charge in [-0.05, 0) is 105 Å². The van der Waals surface area contributed by atoms with Crippen LogP contribution in [0, 0.1) is 34.6 Å². The summed E-state index contributed by atoms with van der Waals surface area (Å²) < 4.78 is 2.36. The number of para-hydroxylation sites is 1. The zero-order valence-electron chi connectivity index (χ0n) is 20.3. The second-order valence-corrected chi connectivity index (χ2v) is 9.60. The summed E-state index contributed by atoms with van der Waals surface area (Å²) in [6, 6.07) is 23.4. The predicted molar refractivity (Wildman–Crippen MR) is 144 cm³/mol. The van der Waals surface area contributed by atoms with E-state index in [1.165, 1.54) is 39.3 Å². The van der Waals surface area contributed by atoms with Gasteiger partial charge in [0.25, 0.3) is 0 Å². The lowest BCUT2D eigenvalue weighted by atomic mass is 9.96.